The molecule has 0 aliphatic carbocycles. The summed E-state index contributed by atoms with van der Waals surface area (Å²) in [7, 11) is 0. The smallest absolute Gasteiger partial charge is 0.366 e. The molecular formula is C15H13N3O4. The lowest BCUT2D eigenvalue weighted by Gasteiger charge is -2.25. The highest BCUT2D eigenvalue weighted by atomic mass is 16.6. The summed E-state index contributed by atoms with van der Waals surface area (Å²) in [5.41, 5.74) is 1.99. The zero-order chi connectivity index (χ0) is 15.7. The summed E-state index contributed by atoms with van der Waals surface area (Å²) in [5.74, 6) is -0.0249. The first-order valence-corrected chi connectivity index (χ1v) is 6.69. The molecular weight excluding hydrogens is 286 g/mol. The average molecular weight is 299 g/mol. The van der Waals surface area contributed by atoms with Crippen LogP contribution in [0.3, 0.4) is 0 Å². The van der Waals surface area contributed by atoms with E-state index in [1.807, 2.05) is 31.2 Å². The molecule has 0 saturated heterocycles. The van der Waals surface area contributed by atoms with Crippen LogP contribution in [-0.4, -0.2) is 22.4 Å². The Kier molecular flexibility index (Phi) is 3.46. The second-order valence-corrected chi connectivity index (χ2v) is 4.94. The predicted molar refractivity (Wildman–Crippen MR) is 78.8 cm³/mol. The molecule has 3 rings (SSSR count). The van der Waals surface area contributed by atoms with Crippen molar-refractivity contribution in [2.24, 2.45) is 0 Å². The van der Waals surface area contributed by atoms with Crippen molar-refractivity contribution in [2.45, 2.75) is 13.5 Å². The molecule has 0 atom stereocenters. The molecule has 1 aliphatic rings. The fraction of sp³-hybridized carbons (Fsp3) is 0.200. The summed E-state index contributed by atoms with van der Waals surface area (Å²) in [5, 5.41) is 10.9. The molecule has 1 aromatic heterocycles. The summed E-state index contributed by atoms with van der Waals surface area (Å²) in [4.78, 5) is 27.8. The van der Waals surface area contributed by atoms with Gasteiger partial charge < -0.3 is 14.9 Å². The normalized spacial score (nSPS) is 13.5. The minimum absolute atomic E-state index is 0.0988. The maximum Gasteiger partial charge on any atom is 0.366 e. The molecule has 1 aliphatic heterocycles. The number of nitrogens with zero attached hydrogens (tertiary/aromatic N) is 3. The number of aromatic nitrogens is 1. The van der Waals surface area contributed by atoms with E-state index in [1.54, 1.807) is 0 Å². The third-order valence-electron chi connectivity index (χ3n) is 3.51. The van der Waals surface area contributed by atoms with E-state index in [1.165, 1.54) is 17.0 Å². The van der Waals surface area contributed by atoms with E-state index >= 15 is 0 Å². The number of pyridine rings is 1. The Morgan fingerprint density at radius 3 is 2.82 bits per heavy atom. The van der Waals surface area contributed by atoms with Crippen molar-refractivity contribution >= 4 is 17.5 Å². The summed E-state index contributed by atoms with van der Waals surface area (Å²) < 4.78 is 5.29. The molecule has 112 valence electrons. The lowest BCUT2D eigenvalue weighted by atomic mass is 10.1. The number of carbonyl (C=O) groups excluding carboxylic acids is 1. The maximum absolute atomic E-state index is 12.1. The third kappa shape index (κ3) is 2.48. The predicted octanol–water partition coefficient (Wildman–Crippen LogP) is 2.22. The van der Waals surface area contributed by atoms with E-state index in [4.69, 9.17) is 4.74 Å². The molecule has 0 spiro atoms. The molecule has 1 aromatic carbocycles. The Morgan fingerprint density at radius 1 is 1.32 bits per heavy atom. The van der Waals surface area contributed by atoms with Crippen LogP contribution in [0.2, 0.25) is 0 Å². The molecule has 7 heteroatoms. The summed E-state index contributed by atoms with van der Waals surface area (Å²) in [6.07, 6.45) is 0. The van der Waals surface area contributed by atoms with Crippen molar-refractivity contribution in [2.75, 3.05) is 11.5 Å². The van der Waals surface area contributed by atoms with Crippen molar-refractivity contribution in [1.82, 2.24) is 4.98 Å². The van der Waals surface area contributed by atoms with Gasteiger partial charge in [0.05, 0.1) is 6.54 Å². The number of anilines is 1. The van der Waals surface area contributed by atoms with Crippen LogP contribution >= 0.6 is 0 Å². The van der Waals surface area contributed by atoms with Gasteiger partial charge >= 0.3 is 5.82 Å². The van der Waals surface area contributed by atoms with E-state index in [9.17, 15) is 14.9 Å². The molecule has 0 N–H and O–H groups in total. The largest absolute Gasteiger partial charge is 0.477 e. The average Bonchev–Trinajstić information content (AvgIpc) is 2.51. The van der Waals surface area contributed by atoms with Gasteiger partial charge in [0, 0.05) is 6.07 Å². The molecule has 0 bridgehead atoms. The molecule has 2 heterocycles. The summed E-state index contributed by atoms with van der Waals surface area (Å²) in [6, 6.07) is 10.4. The fourth-order valence-electron chi connectivity index (χ4n) is 2.29. The fourth-order valence-corrected chi connectivity index (χ4v) is 2.29. The number of hydrogen-bond acceptors (Lipinski definition) is 5. The van der Waals surface area contributed by atoms with Crippen LogP contribution < -0.4 is 9.64 Å². The van der Waals surface area contributed by atoms with Crippen molar-refractivity contribution in [1.29, 1.82) is 0 Å². The van der Waals surface area contributed by atoms with Gasteiger partial charge in [0.2, 0.25) is 0 Å². The number of rotatable bonds is 3. The van der Waals surface area contributed by atoms with Gasteiger partial charge in [0.1, 0.15) is 0 Å². The van der Waals surface area contributed by atoms with Gasteiger partial charge in [-0.1, -0.05) is 24.3 Å². The number of fused-ring (bicyclic) bond motifs is 1. The van der Waals surface area contributed by atoms with Gasteiger partial charge in [-0.05, 0) is 34.0 Å². The van der Waals surface area contributed by atoms with Crippen LogP contribution in [0.25, 0.3) is 0 Å². The Labute approximate surface area is 126 Å². The van der Waals surface area contributed by atoms with Crippen LogP contribution in [0.4, 0.5) is 11.6 Å². The van der Waals surface area contributed by atoms with Gasteiger partial charge in [0.15, 0.2) is 12.4 Å². The third-order valence-corrected chi connectivity index (χ3v) is 3.51. The van der Waals surface area contributed by atoms with Gasteiger partial charge in [-0.2, -0.15) is 0 Å². The van der Waals surface area contributed by atoms with E-state index in [-0.39, 0.29) is 24.1 Å². The molecule has 0 fully saturated rings. The number of carbonyl (C=O) groups is 1. The van der Waals surface area contributed by atoms with Gasteiger partial charge in [0.25, 0.3) is 11.7 Å². The SMILES string of the molecule is Cc1ccccc1CN1C(=O)COc2ccc([N+](=O)[O-])nc21. The van der Waals surface area contributed by atoms with E-state index in [0.29, 0.717) is 12.3 Å². The van der Waals surface area contributed by atoms with Gasteiger partial charge in [-0.25, -0.2) is 0 Å². The van der Waals surface area contributed by atoms with E-state index < -0.39 is 4.92 Å². The summed E-state index contributed by atoms with van der Waals surface area (Å²) >= 11 is 0. The quantitative estimate of drug-likeness (QED) is 0.640. The molecule has 0 saturated carbocycles. The molecule has 22 heavy (non-hydrogen) atoms. The first-order chi connectivity index (χ1) is 10.6. The zero-order valence-electron chi connectivity index (χ0n) is 11.9. The zero-order valence-corrected chi connectivity index (χ0v) is 11.9. The Bertz CT molecular complexity index is 760. The van der Waals surface area contributed by atoms with Crippen LogP contribution in [0.15, 0.2) is 36.4 Å². The lowest BCUT2D eigenvalue weighted by Crippen LogP contribution is -2.39. The van der Waals surface area contributed by atoms with Gasteiger partial charge in [-0.3, -0.25) is 9.69 Å². The minimum atomic E-state index is -0.592. The standard InChI is InChI=1S/C15H13N3O4/c1-10-4-2-3-5-11(10)8-17-14(19)9-22-12-6-7-13(18(20)21)16-15(12)17/h2-7H,8-9H2,1H3. The van der Waals surface area contributed by atoms with Gasteiger partial charge in [-0.15, -0.1) is 0 Å². The minimum Gasteiger partial charge on any atom is -0.477 e. The molecule has 1 amide bonds. The highest BCUT2D eigenvalue weighted by Gasteiger charge is 2.32. The lowest BCUT2D eigenvalue weighted by molar-refractivity contribution is -0.389. The Morgan fingerprint density at radius 2 is 2.09 bits per heavy atom. The first kappa shape index (κ1) is 14.0. The van der Waals surface area contributed by atoms with Crippen molar-refractivity contribution < 1.29 is 14.5 Å². The maximum atomic E-state index is 12.1. The number of aryl methyl sites for hydroxylation is 1. The van der Waals surface area contributed by atoms with Crippen LogP contribution in [0.1, 0.15) is 11.1 Å². The highest BCUT2D eigenvalue weighted by molar-refractivity contribution is 5.96. The monoisotopic (exact) mass is 299 g/mol. The number of nitro groups is 1. The van der Waals surface area contributed by atoms with Crippen LogP contribution in [0.5, 0.6) is 5.75 Å². The number of hydrogen-bond donors (Lipinski definition) is 0. The Balaban J connectivity index is 2.01. The number of amides is 1. The Hall–Kier alpha value is -2.96. The molecule has 0 unspecified atom stereocenters. The summed E-state index contributed by atoms with van der Waals surface area (Å²) in [6.45, 7) is 2.15. The second kappa shape index (κ2) is 5.44. The van der Waals surface area contributed by atoms with E-state index in [2.05, 4.69) is 4.98 Å². The van der Waals surface area contributed by atoms with Crippen LogP contribution in [0, 0.1) is 17.0 Å². The topological polar surface area (TPSA) is 85.6 Å². The van der Waals surface area contributed by atoms with Crippen molar-refractivity contribution in [3.8, 4) is 5.75 Å². The first-order valence-electron chi connectivity index (χ1n) is 6.69. The van der Waals surface area contributed by atoms with Crippen molar-refractivity contribution in [3.05, 3.63) is 57.6 Å². The molecule has 7 nitrogen and oxygen atoms in total. The van der Waals surface area contributed by atoms with Crippen LogP contribution in [-0.2, 0) is 11.3 Å². The highest BCUT2D eigenvalue weighted by Crippen LogP contribution is 2.33. The number of ether oxygens (including phenoxy) is 1. The number of benzene rings is 1. The second-order valence-electron chi connectivity index (χ2n) is 4.94. The molecule has 2 aromatic rings. The van der Waals surface area contributed by atoms with E-state index in [0.717, 1.165) is 11.1 Å². The molecule has 0 radical (unpaired) electrons. The van der Waals surface area contributed by atoms with Crippen molar-refractivity contribution in [3.63, 3.8) is 0 Å².